The maximum Gasteiger partial charge on any atom is 0.240 e. The first-order valence-corrected chi connectivity index (χ1v) is 5.91. The third-order valence-electron chi connectivity index (χ3n) is 2.52. The summed E-state index contributed by atoms with van der Waals surface area (Å²) in [5, 5.41) is 0.361. The molecule has 0 bridgehead atoms. The summed E-state index contributed by atoms with van der Waals surface area (Å²) in [6.07, 6.45) is 4.85. The van der Waals surface area contributed by atoms with E-state index in [1.54, 1.807) is 0 Å². The van der Waals surface area contributed by atoms with Gasteiger partial charge in [-0.05, 0) is 19.3 Å². The van der Waals surface area contributed by atoms with Crippen molar-refractivity contribution in [2.75, 3.05) is 18.6 Å². The normalized spacial score (nSPS) is 20.0. The largest absolute Gasteiger partial charge is 0.474 e. The molecule has 7 heteroatoms. The van der Waals surface area contributed by atoms with Crippen molar-refractivity contribution >= 4 is 17.5 Å². The Balaban J connectivity index is 1.92. The Morgan fingerprint density at radius 1 is 1.59 bits per heavy atom. The smallest absolute Gasteiger partial charge is 0.240 e. The monoisotopic (exact) mass is 258 g/mol. The van der Waals surface area contributed by atoms with Crippen LogP contribution in [0.3, 0.4) is 0 Å². The molecule has 2 heterocycles. The zero-order valence-corrected chi connectivity index (χ0v) is 10.1. The van der Waals surface area contributed by atoms with Crippen LogP contribution in [0.5, 0.6) is 5.88 Å². The fourth-order valence-electron chi connectivity index (χ4n) is 1.63. The summed E-state index contributed by atoms with van der Waals surface area (Å²) in [5.74, 6) is 5.80. The number of hydrazine groups is 1. The summed E-state index contributed by atoms with van der Waals surface area (Å²) < 4.78 is 11.1. The van der Waals surface area contributed by atoms with Crippen molar-refractivity contribution in [3.63, 3.8) is 0 Å². The highest BCUT2D eigenvalue weighted by molar-refractivity contribution is 6.31. The van der Waals surface area contributed by atoms with Crippen LogP contribution in [0.15, 0.2) is 6.20 Å². The van der Waals surface area contributed by atoms with Gasteiger partial charge in [-0.3, -0.25) is 5.43 Å². The SMILES string of the molecule is NNc1ncc(Cl)c(OCC2CCCCO2)n1. The molecular formula is C10H15ClN4O2. The van der Waals surface area contributed by atoms with Crippen LogP contribution in [-0.4, -0.2) is 29.3 Å². The molecule has 1 aliphatic heterocycles. The predicted molar refractivity (Wildman–Crippen MR) is 63.9 cm³/mol. The van der Waals surface area contributed by atoms with Crippen molar-refractivity contribution in [2.24, 2.45) is 5.84 Å². The summed E-state index contributed by atoms with van der Waals surface area (Å²) in [6, 6.07) is 0. The van der Waals surface area contributed by atoms with Crippen LogP contribution in [0.2, 0.25) is 5.02 Å². The Hall–Kier alpha value is -1.11. The van der Waals surface area contributed by atoms with Gasteiger partial charge in [0.05, 0.1) is 12.3 Å². The molecule has 1 aromatic rings. The molecule has 3 N–H and O–H groups in total. The van der Waals surface area contributed by atoms with Crippen LogP contribution in [-0.2, 0) is 4.74 Å². The van der Waals surface area contributed by atoms with Crippen molar-refractivity contribution in [3.8, 4) is 5.88 Å². The molecular weight excluding hydrogens is 244 g/mol. The van der Waals surface area contributed by atoms with Crippen LogP contribution < -0.4 is 16.0 Å². The number of anilines is 1. The van der Waals surface area contributed by atoms with E-state index in [0.717, 1.165) is 19.4 Å². The second kappa shape index (κ2) is 6.00. The van der Waals surface area contributed by atoms with E-state index in [1.807, 2.05) is 0 Å². The summed E-state index contributed by atoms with van der Waals surface area (Å²) in [6.45, 7) is 1.24. The van der Waals surface area contributed by atoms with Crippen molar-refractivity contribution < 1.29 is 9.47 Å². The van der Waals surface area contributed by atoms with E-state index in [-0.39, 0.29) is 12.1 Å². The number of halogens is 1. The molecule has 1 aliphatic rings. The van der Waals surface area contributed by atoms with Crippen LogP contribution in [0, 0.1) is 0 Å². The minimum absolute atomic E-state index is 0.115. The molecule has 1 atom stereocenters. The zero-order chi connectivity index (χ0) is 12.1. The number of ether oxygens (including phenoxy) is 2. The van der Waals surface area contributed by atoms with Crippen molar-refractivity contribution in [3.05, 3.63) is 11.2 Å². The zero-order valence-electron chi connectivity index (χ0n) is 9.36. The maximum absolute atomic E-state index is 5.91. The van der Waals surface area contributed by atoms with Gasteiger partial charge in [0.15, 0.2) is 0 Å². The lowest BCUT2D eigenvalue weighted by atomic mass is 10.1. The Bertz CT molecular complexity index is 371. The van der Waals surface area contributed by atoms with E-state index in [2.05, 4.69) is 15.4 Å². The van der Waals surface area contributed by atoms with E-state index in [9.17, 15) is 0 Å². The van der Waals surface area contributed by atoms with E-state index in [0.29, 0.717) is 17.5 Å². The van der Waals surface area contributed by atoms with Gasteiger partial charge in [0, 0.05) is 6.61 Å². The van der Waals surface area contributed by atoms with Crippen LogP contribution >= 0.6 is 11.6 Å². The lowest BCUT2D eigenvalue weighted by molar-refractivity contribution is -0.0119. The highest BCUT2D eigenvalue weighted by Gasteiger charge is 2.16. The molecule has 0 spiro atoms. The molecule has 6 nitrogen and oxygen atoms in total. The number of hydrogen-bond acceptors (Lipinski definition) is 6. The number of nitrogens with two attached hydrogens (primary N) is 1. The number of rotatable bonds is 4. The van der Waals surface area contributed by atoms with Crippen LogP contribution in [0.1, 0.15) is 19.3 Å². The Morgan fingerprint density at radius 3 is 3.18 bits per heavy atom. The third kappa shape index (κ3) is 3.42. The van der Waals surface area contributed by atoms with Crippen molar-refractivity contribution in [2.45, 2.75) is 25.4 Å². The van der Waals surface area contributed by atoms with Gasteiger partial charge in [-0.1, -0.05) is 11.6 Å². The second-order valence-electron chi connectivity index (χ2n) is 3.79. The van der Waals surface area contributed by atoms with Crippen molar-refractivity contribution in [1.29, 1.82) is 0 Å². The minimum Gasteiger partial charge on any atom is -0.474 e. The Kier molecular flexibility index (Phi) is 4.36. The first-order valence-electron chi connectivity index (χ1n) is 5.53. The Labute approximate surface area is 104 Å². The van der Waals surface area contributed by atoms with E-state index in [4.69, 9.17) is 26.9 Å². The predicted octanol–water partition coefficient (Wildman–Crippen LogP) is 1.36. The van der Waals surface area contributed by atoms with Crippen molar-refractivity contribution in [1.82, 2.24) is 9.97 Å². The molecule has 0 amide bonds. The number of nitrogen functional groups attached to an aromatic ring is 1. The molecule has 94 valence electrons. The average molecular weight is 259 g/mol. The lowest BCUT2D eigenvalue weighted by Gasteiger charge is -2.22. The highest BCUT2D eigenvalue weighted by atomic mass is 35.5. The summed E-state index contributed by atoms with van der Waals surface area (Å²) in [4.78, 5) is 7.88. The van der Waals surface area contributed by atoms with Gasteiger partial charge >= 0.3 is 0 Å². The molecule has 0 radical (unpaired) electrons. The fraction of sp³-hybridized carbons (Fsp3) is 0.600. The van der Waals surface area contributed by atoms with E-state index in [1.165, 1.54) is 12.6 Å². The molecule has 0 saturated carbocycles. The number of nitrogens with one attached hydrogen (secondary N) is 1. The molecule has 17 heavy (non-hydrogen) atoms. The standard InChI is InChI=1S/C10H15ClN4O2/c11-8-5-13-10(15-12)14-9(8)17-6-7-3-1-2-4-16-7/h5,7H,1-4,6,12H2,(H,13,14,15). The second-order valence-corrected chi connectivity index (χ2v) is 4.20. The molecule has 0 aromatic carbocycles. The lowest BCUT2D eigenvalue weighted by Crippen LogP contribution is -2.26. The van der Waals surface area contributed by atoms with E-state index >= 15 is 0 Å². The van der Waals surface area contributed by atoms with Gasteiger partial charge < -0.3 is 9.47 Å². The first-order chi connectivity index (χ1) is 8.29. The van der Waals surface area contributed by atoms with Gasteiger partial charge in [-0.2, -0.15) is 4.98 Å². The Morgan fingerprint density at radius 2 is 2.47 bits per heavy atom. The van der Waals surface area contributed by atoms with E-state index < -0.39 is 0 Å². The van der Waals surface area contributed by atoms with Gasteiger partial charge in [-0.25, -0.2) is 10.8 Å². The highest BCUT2D eigenvalue weighted by Crippen LogP contribution is 2.22. The quantitative estimate of drug-likeness (QED) is 0.627. The number of aromatic nitrogens is 2. The van der Waals surface area contributed by atoms with Gasteiger partial charge in [-0.15, -0.1) is 0 Å². The number of nitrogens with zero attached hydrogens (tertiary/aromatic N) is 2. The third-order valence-corrected chi connectivity index (χ3v) is 2.78. The first kappa shape index (κ1) is 12.3. The summed E-state index contributed by atoms with van der Waals surface area (Å²) in [7, 11) is 0. The van der Waals surface area contributed by atoms with Crippen LogP contribution in [0.4, 0.5) is 5.95 Å². The van der Waals surface area contributed by atoms with Gasteiger partial charge in [0.25, 0.3) is 0 Å². The van der Waals surface area contributed by atoms with Gasteiger partial charge in [0.1, 0.15) is 11.6 Å². The topological polar surface area (TPSA) is 82.3 Å². The molecule has 1 unspecified atom stereocenters. The maximum atomic E-state index is 5.91. The molecule has 1 fully saturated rings. The molecule has 1 saturated heterocycles. The molecule has 2 rings (SSSR count). The molecule has 0 aliphatic carbocycles. The summed E-state index contributed by atoms with van der Waals surface area (Å²) in [5.41, 5.74) is 2.34. The average Bonchev–Trinajstić information content (AvgIpc) is 2.39. The summed E-state index contributed by atoms with van der Waals surface area (Å²) >= 11 is 5.91. The van der Waals surface area contributed by atoms with Crippen LogP contribution in [0.25, 0.3) is 0 Å². The minimum atomic E-state index is 0.115. The number of hydrogen-bond donors (Lipinski definition) is 2. The molecule has 1 aromatic heterocycles. The van der Waals surface area contributed by atoms with Gasteiger partial charge in [0.2, 0.25) is 11.8 Å². The fourth-order valence-corrected chi connectivity index (χ4v) is 1.78.